The fourth-order valence-electron chi connectivity index (χ4n) is 2.58. The summed E-state index contributed by atoms with van der Waals surface area (Å²) < 4.78 is 1.38. The Hall–Kier alpha value is -3.48. The number of nitrogens with one attached hydrogen (secondary N) is 2. The average molecular weight is 349 g/mol. The number of amides is 2. The van der Waals surface area contributed by atoms with E-state index >= 15 is 0 Å². The molecule has 2 amide bonds. The lowest BCUT2D eigenvalue weighted by molar-refractivity contribution is 0.241. The summed E-state index contributed by atoms with van der Waals surface area (Å²) in [5, 5.41) is 11.1. The van der Waals surface area contributed by atoms with Gasteiger partial charge in [-0.3, -0.25) is 9.78 Å². The van der Waals surface area contributed by atoms with E-state index in [1.165, 1.54) is 4.68 Å². The van der Waals surface area contributed by atoms with E-state index in [4.69, 9.17) is 0 Å². The first-order chi connectivity index (χ1) is 12.7. The monoisotopic (exact) mass is 349 g/mol. The molecule has 2 N–H and O–H groups in total. The Balaban J connectivity index is 1.93. The van der Waals surface area contributed by atoms with Crippen molar-refractivity contribution in [3.63, 3.8) is 0 Å². The molecule has 2 aromatic heterocycles. The highest BCUT2D eigenvalue weighted by Crippen LogP contribution is 2.13. The molecule has 0 unspecified atom stereocenters. The molecule has 0 radical (unpaired) electrons. The molecule has 2 heterocycles. The van der Waals surface area contributed by atoms with Gasteiger partial charge in [-0.05, 0) is 18.2 Å². The van der Waals surface area contributed by atoms with Gasteiger partial charge < -0.3 is 10.6 Å². The van der Waals surface area contributed by atoms with Crippen LogP contribution >= 0.6 is 0 Å². The standard InChI is InChI=1S/C19H19N5O2/c1-2-10-21-19(26)22-12-17-15-8-3-4-9-16(15)18(25)24(23-17)13-14-7-5-6-11-20-14/h2-9,11H,1,10,12-13H2,(H2,21,22,26). The molecule has 26 heavy (non-hydrogen) atoms. The highest BCUT2D eigenvalue weighted by atomic mass is 16.2. The van der Waals surface area contributed by atoms with Crippen molar-refractivity contribution >= 4 is 16.8 Å². The van der Waals surface area contributed by atoms with E-state index in [1.807, 2.05) is 36.4 Å². The van der Waals surface area contributed by atoms with Crippen molar-refractivity contribution in [2.24, 2.45) is 0 Å². The van der Waals surface area contributed by atoms with Gasteiger partial charge in [0.2, 0.25) is 0 Å². The third-order valence-corrected chi connectivity index (χ3v) is 3.81. The van der Waals surface area contributed by atoms with Gasteiger partial charge in [0.15, 0.2) is 0 Å². The molecule has 0 aliphatic carbocycles. The zero-order valence-electron chi connectivity index (χ0n) is 14.2. The number of benzene rings is 1. The van der Waals surface area contributed by atoms with Crippen molar-refractivity contribution in [1.29, 1.82) is 0 Å². The van der Waals surface area contributed by atoms with Gasteiger partial charge >= 0.3 is 6.03 Å². The Morgan fingerprint density at radius 1 is 1.12 bits per heavy atom. The molecular weight excluding hydrogens is 330 g/mol. The van der Waals surface area contributed by atoms with Crippen LogP contribution in [-0.2, 0) is 13.1 Å². The number of carbonyl (C=O) groups is 1. The number of nitrogens with zero attached hydrogens (tertiary/aromatic N) is 3. The van der Waals surface area contributed by atoms with Crippen LogP contribution in [0.15, 0.2) is 66.1 Å². The first-order valence-corrected chi connectivity index (χ1v) is 8.20. The van der Waals surface area contributed by atoms with Crippen LogP contribution in [0.3, 0.4) is 0 Å². The number of hydrogen-bond donors (Lipinski definition) is 2. The number of pyridine rings is 1. The summed E-state index contributed by atoms with van der Waals surface area (Å²) in [6.07, 6.45) is 3.27. The number of hydrogen-bond acceptors (Lipinski definition) is 4. The Bertz CT molecular complexity index is 982. The summed E-state index contributed by atoms with van der Waals surface area (Å²) >= 11 is 0. The highest BCUT2D eigenvalue weighted by Gasteiger charge is 2.11. The molecule has 0 spiro atoms. The maximum Gasteiger partial charge on any atom is 0.315 e. The Morgan fingerprint density at radius 3 is 2.62 bits per heavy atom. The van der Waals surface area contributed by atoms with Crippen LogP contribution < -0.4 is 16.2 Å². The number of carbonyl (C=O) groups excluding carboxylic acids is 1. The van der Waals surface area contributed by atoms with Gasteiger partial charge in [-0.25, -0.2) is 9.48 Å². The van der Waals surface area contributed by atoms with Crippen LogP contribution in [0, 0.1) is 0 Å². The van der Waals surface area contributed by atoms with E-state index in [1.54, 1.807) is 18.3 Å². The van der Waals surface area contributed by atoms with Crippen LogP contribution in [0.1, 0.15) is 11.4 Å². The average Bonchev–Trinajstić information content (AvgIpc) is 2.68. The molecule has 0 aliphatic heterocycles. The summed E-state index contributed by atoms with van der Waals surface area (Å²) in [5.41, 5.74) is 1.16. The van der Waals surface area contributed by atoms with Gasteiger partial charge in [0.05, 0.1) is 29.9 Å². The van der Waals surface area contributed by atoms with E-state index in [2.05, 4.69) is 27.3 Å². The Labute approximate surface area is 150 Å². The van der Waals surface area contributed by atoms with E-state index in [9.17, 15) is 9.59 Å². The second-order valence-electron chi connectivity index (χ2n) is 5.63. The van der Waals surface area contributed by atoms with Gasteiger partial charge in [-0.1, -0.05) is 30.3 Å². The molecule has 0 saturated heterocycles. The van der Waals surface area contributed by atoms with Crippen LogP contribution in [-0.4, -0.2) is 27.3 Å². The predicted molar refractivity (Wildman–Crippen MR) is 99.8 cm³/mol. The molecule has 0 bridgehead atoms. The molecule has 3 rings (SSSR count). The van der Waals surface area contributed by atoms with Gasteiger partial charge in [-0.15, -0.1) is 6.58 Å². The summed E-state index contributed by atoms with van der Waals surface area (Å²) in [5.74, 6) is 0. The quantitative estimate of drug-likeness (QED) is 0.665. The maximum absolute atomic E-state index is 12.7. The molecule has 132 valence electrons. The zero-order chi connectivity index (χ0) is 18.4. The molecule has 0 fully saturated rings. The molecule has 1 aromatic carbocycles. The van der Waals surface area contributed by atoms with Crippen molar-refractivity contribution in [3.05, 3.63) is 83.1 Å². The summed E-state index contributed by atoms with van der Waals surface area (Å²) in [6.45, 7) is 4.39. The zero-order valence-corrected chi connectivity index (χ0v) is 14.2. The van der Waals surface area contributed by atoms with Gasteiger partial charge in [-0.2, -0.15) is 5.10 Å². The first kappa shape index (κ1) is 17.3. The molecule has 7 nitrogen and oxygen atoms in total. The number of fused-ring (bicyclic) bond motifs is 1. The SMILES string of the molecule is C=CCNC(=O)NCc1nn(Cc2ccccn2)c(=O)c2ccccc12. The summed E-state index contributed by atoms with van der Waals surface area (Å²) in [4.78, 5) is 28.7. The third kappa shape index (κ3) is 3.94. The normalized spacial score (nSPS) is 10.5. The van der Waals surface area contributed by atoms with Crippen molar-refractivity contribution < 1.29 is 4.79 Å². The molecule has 3 aromatic rings. The minimum Gasteiger partial charge on any atom is -0.335 e. The fraction of sp³-hybridized carbons (Fsp3) is 0.158. The van der Waals surface area contributed by atoms with E-state index < -0.39 is 0 Å². The van der Waals surface area contributed by atoms with Crippen LogP contribution in [0.4, 0.5) is 4.79 Å². The predicted octanol–water partition coefficient (Wildman–Crippen LogP) is 1.82. The van der Waals surface area contributed by atoms with Gasteiger partial charge in [0, 0.05) is 18.1 Å². The van der Waals surface area contributed by atoms with Crippen molar-refractivity contribution in [3.8, 4) is 0 Å². The highest BCUT2D eigenvalue weighted by molar-refractivity contribution is 5.84. The number of urea groups is 1. The second kappa shape index (κ2) is 8.06. The number of aromatic nitrogens is 3. The summed E-state index contributed by atoms with van der Waals surface area (Å²) in [7, 11) is 0. The molecule has 0 aliphatic rings. The largest absolute Gasteiger partial charge is 0.335 e. The lowest BCUT2D eigenvalue weighted by Gasteiger charge is -2.12. The van der Waals surface area contributed by atoms with E-state index in [0.29, 0.717) is 17.6 Å². The lowest BCUT2D eigenvalue weighted by atomic mass is 10.1. The maximum atomic E-state index is 12.7. The van der Waals surface area contributed by atoms with Crippen molar-refractivity contribution in [2.75, 3.05) is 6.54 Å². The lowest BCUT2D eigenvalue weighted by Crippen LogP contribution is -2.36. The van der Waals surface area contributed by atoms with Crippen LogP contribution in [0.5, 0.6) is 0 Å². The van der Waals surface area contributed by atoms with Crippen molar-refractivity contribution in [1.82, 2.24) is 25.4 Å². The van der Waals surface area contributed by atoms with Gasteiger partial charge in [0.1, 0.15) is 0 Å². The molecule has 0 saturated carbocycles. The van der Waals surface area contributed by atoms with Gasteiger partial charge in [0.25, 0.3) is 5.56 Å². The van der Waals surface area contributed by atoms with E-state index in [0.717, 1.165) is 11.1 Å². The van der Waals surface area contributed by atoms with Crippen LogP contribution in [0.25, 0.3) is 10.8 Å². The van der Waals surface area contributed by atoms with Crippen molar-refractivity contribution in [2.45, 2.75) is 13.1 Å². The fourth-order valence-corrected chi connectivity index (χ4v) is 2.58. The Morgan fingerprint density at radius 2 is 1.88 bits per heavy atom. The molecule has 7 heteroatoms. The third-order valence-electron chi connectivity index (χ3n) is 3.81. The smallest absolute Gasteiger partial charge is 0.315 e. The van der Waals surface area contributed by atoms with Crippen LogP contribution in [0.2, 0.25) is 0 Å². The minimum atomic E-state index is -0.321. The topological polar surface area (TPSA) is 88.9 Å². The van der Waals surface area contributed by atoms with E-state index in [-0.39, 0.29) is 24.7 Å². The minimum absolute atomic E-state index is 0.189. The number of rotatable bonds is 6. The molecule has 0 atom stereocenters. The summed E-state index contributed by atoms with van der Waals surface area (Å²) in [6, 6.07) is 12.4. The second-order valence-corrected chi connectivity index (χ2v) is 5.63. The molecular formula is C19H19N5O2. The first-order valence-electron chi connectivity index (χ1n) is 8.20. The Kier molecular flexibility index (Phi) is 5.38.